The molecule has 0 saturated carbocycles. The lowest BCUT2D eigenvalue weighted by Crippen LogP contribution is -2.14. The largest absolute Gasteiger partial charge is 0.363 e. The van der Waals surface area contributed by atoms with E-state index in [0.29, 0.717) is 11.4 Å². The molecule has 7 heteroatoms. The second-order valence-corrected chi connectivity index (χ2v) is 5.89. The van der Waals surface area contributed by atoms with Crippen LogP contribution in [0.1, 0.15) is 18.5 Å². The van der Waals surface area contributed by atoms with Crippen LogP contribution in [0.25, 0.3) is 0 Å². The minimum atomic E-state index is -3.74. The zero-order valence-electron chi connectivity index (χ0n) is 10.7. The first-order valence-corrected chi connectivity index (χ1v) is 7.43. The van der Waals surface area contributed by atoms with Crippen molar-refractivity contribution < 1.29 is 12.8 Å². The Kier molecular flexibility index (Phi) is 4.01. The van der Waals surface area contributed by atoms with Gasteiger partial charge < -0.3 is 5.32 Å². The number of hydrogen-bond acceptors (Lipinski definition) is 4. The summed E-state index contributed by atoms with van der Waals surface area (Å²) in [5.74, 6) is -0.209. The maximum Gasteiger partial charge on any atom is 0.238 e. The third-order valence-electron chi connectivity index (χ3n) is 2.77. The van der Waals surface area contributed by atoms with Gasteiger partial charge in [-0.1, -0.05) is 18.2 Å². The number of hydrogen-bond donors (Lipinski definition) is 2. The van der Waals surface area contributed by atoms with E-state index in [2.05, 4.69) is 10.3 Å². The molecule has 0 fully saturated rings. The van der Waals surface area contributed by atoms with Crippen molar-refractivity contribution in [2.75, 3.05) is 5.32 Å². The Morgan fingerprint density at radius 1 is 1.25 bits per heavy atom. The average Bonchev–Trinajstić information content (AvgIpc) is 2.38. The molecule has 106 valence electrons. The van der Waals surface area contributed by atoms with Crippen molar-refractivity contribution in [3.8, 4) is 0 Å². The molecule has 0 aliphatic heterocycles. The number of halogens is 1. The van der Waals surface area contributed by atoms with Gasteiger partial charge in [-0.25, -0.2) is 18.5 Å². The number of benzene rings is 1. The average molecular weight is 295 g/mol. The predicted octanol–water partition coefficient (Wildman–Crippen LogP) is 2.04. The van der Waals surface area contributed by atoms with Gasteiger partial charge in [0.1, 0.15) is 5.82 Å². The normalized spacial score (nSPS) is 12.9. The standard InChI is InChI=1S/C13H14FN3O2S/c1-9(16-13-7-3-6-12(14)17-13)10-4-2-5-11(8-10)20(15,18)19/h2-9H,1H3,(H,16,17)(H2,15,18,19)/t9-/m1/s1. The summed E-state index contributed by atoms with van der Waals surface area (Å²) in [6.45, 7) is 1.81. The van der Waals surface area contributed by atoms with Gasteiger partial charge in [0.25, 0.3) is 0 Å². The van der Waals surface area contributed by atoms with Crippen LogP contribution in [0.4, 0.5) is 10.2 Å². The molecule has 0 amide bonds. The minimum Gasteiger partial charge on any atom is -0.363 e. The highest BCUT2D eigenvalue weighted by Crippen LogP contribution is 2.20. The van der Waals surface area contributed by atoms with Crippen molar-refractivity contribution in [3.63, 3.8) is 0 Å². The van der Waals surface area contributed by atoms with Gasteiger partial charge >= 0.3 is 0 Å². The van der Waals surface area contributed by atoms with Crippen molar-refractivity contribution in [1.82, 2.24) is 4.98 Å². The molecule has 20 heavy (non-hydrogen) atoms. The lowest BCUT2D eigenvalue weighted by Gasteiger charge is -2.15. The van der Waals surface area contributed by atoms with Crippen molar-refractivity contribution >= 4 is 15.8 Å². The monoisotopic (exact) mass is 295 g/mol. The summed E-state index contributed by atoms with van der Waals surface area (Å²) >= 11 is 0. The third-order valence-corrected chi connectivity index (χ3v) is 3.68. The highest BCUT2D eigenvalue weighted by molar-refractivity contribution is 7.89. The van der Waals surface area contributed by atoms with Crippen LogP contribution in [0.2, 0.25) is 0 Å². The first kappa shape index (κ1) is 14.4. The summed E-state index contributed by atoms with van der Waals surface area (Å²) in [6, 6.07) is 10.4. The minimum absolute atomic E-state index is 0.0378. The lowest BCUT2D eigenvalue weighted by atomic mass is 10.1. The van der Waals surface area contributed by atoms with Crippen LogP contribution in [0.15, 0.2) is 47.4 Å². The van der Waals surface area contributed by atoms with Gasteiger partial charge in [0.05, 0.1) is 4.90 Å². The summed E-state index contributed by atoms with van der Waals surface area (Å²) in [4.78, 5) is 3.73. The van der Waals surface area contributed by atoms with Crippen LogP contribution in [0.3, 0.4) is 0 Å². The quantitative estimate of drug-likeness (QED) is 0.845. The molecule has 0 bridgehead atoms. The van der Waals surface area contributed by atoms with E-state index in [0.717, 1.165) is 0 Å². The van der Waals surface area contributed by atoms with E-state index in [4.69, 9.17) is 5.14 Å². The predicted molar refractivity (Wildman–Crippen MR) is 74.0 cm³/mol. The van der Waals surface area contributed by atoms with E-state index in [1.54, 1.807) is 18.2 Å². The van der Waals surface area contributed by atoms with Gasteiger partial charge in [-0.05, 0) is 36.8 Å². The molecule has 1 atom stereocenters. The van der Waals surface area contributed by atoms with Crippen LogP contribution in [0, 0.1) is 5.95 Å². The summed E-state index contributed by atoms with van der Waals surface area (Å²) in [7, 11) is -3.74. The van der Waals surface area contributed by atoms with Crippen LogP contribution in [-0.2, 0) is 10.0 Å². The van der Waals surface area contributed by atoms with Crippen LogP contribution >= 0.6 is 0 Å². The number of rotatable bonds is 4. The van der Waals surface area contributed by atoms with E-state index in [-0.39, 0.29) is 10.9 Å². The van der Waals surface area contributed by atoms with Crippen molar-refractivity contribution in [1.29, 1.82) is 0 Å². The smallest absolute Gasteiger partial charge is 0.238 e. The molecule has 1 aromatic heterocycles. The van der Waals surface area contributed by atoms with E-state index >= 15 is 0 Å². The fourth-order valence-corrected chi connectivity index (χ4v) is 2.32. The summed E-state index contributed by atoms with van der Waals surface area (Å²) in [5.41, 5.74) is 0.711. The third kappa shape index (κ3) is 3.52. The van der Waals surface area contributed by atoms with Gasteiger partial charge in [-0.3, -0.25) is 0 Å². The molecule has 2 aromatic rings. The van der Waals surface area contributed by atoms with Crippen LogP contribution < -0.4 is 10.5 Å². The SMILES string of the molecule is C[C@@H](Nc1cccc(F)n1)c1cccc(S(N)(=O)=O)c1. The molecule has 0 aliphatic rings. The Morgan fingerprint density at radius 2 is 1.95 bits per heavy atom. The molecule has 5 nitrogen and oxygen atoms in total. The van der Waals surface area contributed by atoms with E-state index in [1.807, 2.05) is 6.92 Å². The molecule has 1 heterocycles. The number of aromatic nitrogens is 1. The highest BCUT2D eigenvalue weighted by Gasteiger charge is 2.12. The van der Waals surface area contributed by atoms with Crippen LogP contribution in [-0.4, -0.2) is 13.4 Å². The molecule has 0 saturated heterocycles. The van der Waals surface area contributed by atoms with Gasteiger partial charge in [-0.15, -0.1) is 0 Å². The highest BCUT2D eigenvalue weighted by atomic mass is 32.2. The zero-order chi connectivity index (χ0) is 14.8. The topological polar surface area (TPSA) is 85.1 Å². The first-order chi connectivity index (χ1) is 9.36. The Balaban J connectivity index is 2.23. The fourth-order valence-electron chi connectivity index (χ4n) is 1.75. The molecule has 0 unspecified atom stereocenters. The Labute approximate surface area is 116 Å². The molecule has 0 aliphatic carbocycles. The number of pyridine rings is 1. The van der Waals surface area contributed by atoms with Crippen molar-refractivity contribution in [2.45, 2.75) is 17.9 Å². The molecular formula is C13H14FN3O2S. The number of nitrogens with zero attached hydrogens (tertiary/aromatic N) is 1. The number of primary sulfonamides is 1. The maximum absolute atomic E-state index is 13.0. The second kappa shape index (κ2) is 5.56. The molecule has 2 rings (SSSR count). The first-order valence-electron chi connectivity index (χ1n) is 5.88. The maximum atomic E-state index is 13.0. The van der Waals surface area contributed by atoms with E-state index in [9.17, 15) is 12.8 Å². The Hall–Kier alpha value is -1.99. The zero-order valence-corrected chi connectivity index (χ0v) is 11.6. The van der Waals surface area contributed by atoms with E-state index < -0.39 is 16.0 Å². The summed E-state index contributed by atoms with van der Waals surface area (Å²) in [5, 5.41) is 8.08. The van der Waals surface area contributed by atoms with E-state index in [1.165, 1.54) is 24.3 Å². The summed E-state index contributed by atoms with van der Waals surface area (Å²) in [6.07, 6.45) is 0. The van der Waals surface area contributed by atoms with Crippen molar-refractivity contribution in [2.24, 2.45) is 5.14 Å². The molecule has 0 spiro atoms. The lowest BCUT2D eigenvalue weighted by molar-refractivity contribution is 0.584. The Bertz CT molecular complexity index is 719. The fraction of sp³-hybridized carbons (Fsp3) is 0.154. The number of anilines is 1. The molecule has 3 N–H and O–H groups in total. The van der Waals surface area contributed by atoms with Gasteiger partial charge in [0, 0.05) is 6.04 Å². The number of sulfonamides is 1. The number of nitrogens with one attached hydrogen (secondary N) is 1. The summed E-state index contributed by atoms with van der Waals surface area (Å²) < 4.78 is 35.6. The van der Waals surface area contributed by atoms with Crippen LogP contribution in [0.5, 0.6) is 0 Å². The number of nitrogens with two attached hydrogens (primary N) is 1. The van der Waals surface area contributed by atoms with Gasteiger partial charge in [0.15, 0.2) is 0 Å². The molecule has 0 radical (unpaired) electrons. The van der Waals surface area contributed by atoms with Crippen molar-refractivity contribution in [3.05, 3.63) is 54.0 Å². The molecular weight excluding hydrogens is 281 g/mol. The second-order valence-electron chi connectivity index (χ2n) is 4.33. The molecule has 1 aromatic carbocycles. The van der Waals surface area contributed by atoms with Gasteiger partial charge in [0.2, 0.25) is 16.0 Å². The van der Waals surface area contributed by atoms with Gasteiger partial charge in [-0.2, -0.15) is 4.39 Å². The Morgan fingerprint density at radius 3 is 2.60 bits per heavy atom.